The van der Waals surface area contributed by atoms with E-state index in [0.717, 1.165) is 12.8 Å². The van der Waals surface area contributed by atoms with Crippen LogP contribution in [0.2, 0.25) is 4.82 Å². The van der Waals surface area contributed by atoms with Gasteiger partial charge >= 0.3 is 183 Å². The Kier molecular flexibility index (Phi) is 7.55. The van der Waals surface area contributed by atoms with Crippen molar-refractivity contribution in [3.63, 3.8) is 0 Å². The van der Waals surface area contributed by atoms with Gasteiger partial charge in [0.1, 0.15) is 0 Å². The molecule has 1 aliphatic rings. The standard InChI is InChI=1S/C23H25NO5Se/c1-27-18-14-16(15-19(28-2)22(18)29-3)11-12-21(25)24-13-7-10-20(23(24)26)30-17-8-5-4-6-9-17/h4-6,8-9,11-12,14-15,20H,7,10,13H2,1-3H3/b12-11+. The summed E-state index contributed by atoms with van der Waals surface area (Å²) in [5, 5.41) is 0. The van der Waals surface area contributed by atoms with Crippen molar-refractivity contribution in [1.82, 2.24) is 4.90 Å². The number of likely N-dealkylation sites (tertiary alicyclic amines) is 1. The summed E-state index contributed by atoms with van der Waals surface area (Å²) < 4.78 is 17.2. The van der Waals surface area contributed by atoms with E-state index in [9.17, 15) is 9.59 Å². The minimum absolute atomic E-state index is 0.0116. The van der Waals surface area contributed by atoms with Crippen LogP contribution in [0.15, 0.2) is 48.5 Å². The van der Waals surface area contributed by atoms with Crippen molar-refractivity contribution >= 4 is 37.3 Å². The molecule has 1 heterocycles. The Morgan fingerprint density at radius 1 is 1.07 bits per heavy atom. The number of hydrogen-bond acceptors (Lipinski definition) is 5. The van der Waals surface area contributed by atoms with E-state index in [0.29, 0.717) is 29.4 Å². The molecule has 7 heteroatoms. The molecule has 0 bridgehead atoms. The molecule has 1 saturated heterocycles. The van der Waals surface area contributed by atoms with Crippen LogP contribution in [-0.4, -0.2) is 59.5 Å². The number of ether oxygens (including phenoxy) is 3. The van der Waals surface area contributed by atoms with Crippen molar-refractivity contribution in [2.75, 3.05) is 27.9 Å². The number of rotatable bonds is 7. The topological polar surface area (TPSA) is 65.1 Å². The van der Waals surface area contributed by atoms with Crippen LogP contribution in [0.4, 0.5) is 0 Å². The van der Waals surface area contributed by atoms with E-state index in [2.05, 4.69) is 0 Å². The maximum absolute atomic E-state index is 12.9. The molecule has 2 aromatic rings. The number of benzene rings is 2. The zero-order chi connectivity index (χ0) is 21.5. The first kappa shape index (κ1) is 21.9. The summed E-state index contributed by atoms with van der Waals surface area (Å²) in [5.74, 6) is 1.11. The Morgan fingerprint density at radius 2 is 1.73 bits per heavy atom. The van der Waals surface area contributed by atoms with E-state index in [1.165, 1.54) is 36.8 Å². The number of hydrogen-bond donors (Lipinski definition) is 0. The van der Waals surface area contributed by atoms with Gasteiger partial charge in [-0.3, -0.25) is 0 Å². The first-order chi connectivity index (χ1) is 14.6. The van der Waals surface area contributed by atoms with Crippen molar-refractivity contribution in [2.45, 2.75) is 17.7 Å². The van der Waals surface area contributed by atoms with Crippen LogP contribution in [0.25, 0.3) is 6.08 Å². The second kappa shape index (κ2) is 10.3. The van der Waals surface area contributed by atoms with Crippen LogP contribution in [0.1, 0.15) is 18.4 Å². The van der Waals surface area contributed by atoms with Crippen LogP contribution in [0.5, 0.6) is 17.2 Å². The van der Waals surface area contributed by atoms with Crippen LogP contribution >= 0.6 is 0 Å². The Labute approximate surface area is 183 Å². The van der Waals surface area contributed by atoms with Gasteiger partial charge in [-0.05, 0) is 0 Å². The molecule has 1 aliphatic heterocycles. The van der Waals surface area contributed by atoms with E-state index in [1.54, 1.807) is 18.2 Å². The molecule has 0 aliphatic carbocycles. The number of imide groups is 1. The van der Waals surface area contributed by atoms with E-state index < -0.39 is 0 Å². The van der Waals surface area contributed by atoms with Gasteiger partial charge < -0.3 is 0 Å². The first-order valence-corrected chi connectivity index (χ1v) is 11.5. The number of carbonyl (C=O) groups excluding carboxylic acids is 2. The molecule has 0 aromatic heterocycles. The third kappa shape index (κ3) is 5.04. The predicted octanol–water partition coefficient (Wildman–Crippen LogP) is 2.69. The fraction of sp³-hybridized carbons (Fsp3) is 0.304. The van der Waals surface area contributed by atoms with Crippen LogP contribution < -0.4 is 18.7 Å². The average Bonchev–Trinajstić information content (AvgIpc) is 2.78. The Morgan fingerprint density at radius 3 is 2.33 bits per heavy atom. The SMILES string of the molecule is COc1cc(/C=C/C(=O)N2CCCC([Se]c3ccccc3)C2=O)cc(OC)c1OC. The molecular weight excluding hydrogens is 449 g/mol. The summed E-state index contributed by atoms with van der Waals surface area (Å²) in [5.41, 5.74) is 0.715. The zero-order valence-corrected chi connectivity index (χ0v) is 19.0. The number of methoxy groups -OCH3 is 3. The van der Waals surface area contributed by atoms with Crippen LogP contribution in [0, 0.1) is 0 Å². The number of carbonyl (C=O) groups is 2. The van der Waals surface area contributed by atoms with Crippen LogP contribution in [-0.2, 0) is 9.59 Å². The average molecular weight is 474 g/mol. The van der Waals surface area contributed by atoms with Crippen molar-refractivity contribution in [3.05, 3.63) is 54.1 Å². The van der Waals surface area contributed by atoms with E-state index >= 15 is 0 Å². The molecule has 2 amide bonds. The van der Waals surface area contributed by atoms with Gasteiger partial charge in [-0.25, -0.2) is 0 Å². The molecule has 30 heavy (non-hydrogen) atoms. The molecule has 0 spiro atoms. The number of piperidine rings is 1. The van der Waals surface area contributed by atoms with Gasteiger partial charge in [0.05, 0.1) is 0 Å². The summed E-state index contributed by atoms with van der Waals surface area (Å²) in [6.45, 7) is 0.457. The molecule has 1 atom stereocenters. The molecular formula is C23H25NO5Se. The molecule has 1 unspecified atom stereocenters. The number of nitrogens with zero attached hydrogens (tertiary/aromatic N) is 1. The molecule has 2 aromatic carbocycles. The molecule has 0 saturated carbocycles. The zero-order valence-electron chi connectivity index (χ0n) is 17.3. The predicted molar refractivity (Wildman–Crippen MR) is 117 cm³/mol. The Bertz CT molecular complexity index is 903. The minimum atomic E-state index is -0.303. The maximum atomic E-state index is 12.9. The third-order valence-corrected chi connectivity index (χ3v) is 7.44. The van der Waals surface area contributed by atoms with E-state index in [1.807, 2.05) is 30.3 Å². The molecule has 1 fully saturated rings. The summed E-state index contributed by atoms with van der Waals surface area (Å²) in [7, 11) is 4.61. The first-order valence-electron chi connectivity index (χ1n) is 9.62. The monoisotopic (exact) mass is 475 g/mol. The molecule has 0 N–H and O–H groups in total. The van der Waals surface area contributed by atoms with Gasteiger partial charge in [0, 0.05) is 0 Å². The molecule has 3 rings (SSSR count). The van der Waals surface area contributed by atoms with Crippen LogP contribution in [0.3, 0.4) is 0 Å². The normalized spacial score (nSPS) is 16.6. The van der Waals surface area contributed by atoms with Crippen molar-refractivity contribution in [3.8, 4) is 17.2 Å². The van der Waals surface area contributed by atoms with Gasteiger partial charge in [-0.1, -0.05) is 0 Å². The second-order valence-corrected chi connectivity index (χ2v) is 9.36. The molecule has 158 valence electrons. The molecule has 0 radical (unpaired) electrons. The van der Waals surface area contributed by atoms with Gasteiger partial charge in [0.15, 0.2) is 0 Å². The van der Waals surface area contributed by atoms with E-state index in [-0.39, 0.29) is 31.6 Å². The molecule has 6 nitrogen and oxygen atoms in total. The van der Waals surface area contributed by atoms with E-state index in [4.69, 9.17) is 14.2 Å². The summed E-state index contributed by atoms with van der Waals surface area (Å²) in [6.07, 6.45) is 4.74. The Balaban J connectivity index is 1.73. The second-order valence-electron chi connectivity index (χ2n) is 6.68. The Hall–Kier alpha value is -2.76. The summed E-state index contributed by atoms with van der Waals surface area (Å²) >= 11 is 0.0116. The van der Waals surface area contributed by atoms with Gasteiger partial charge in [0.25, 0.3) is 0 Å². The third-order valence-electron chi connectivity index (χ3n) is 4.78. The van der Waals surface area contributed by atoms with Crippen molar-refractivity contribution in [2.24, 2.45) is 0 Å². The number of amides is 2. The van der Waals surface area contributed by atoms with Gasteiger partial charge in [0.2, 0.25) is 0 Å². The van der Waals surface area contributed by atoms with Gasteiger partial charge in [-0.15, -0.1) is 0 Å². The van der Waals surface area contributed by atoms with Crippen molar-refractivity contribution < 1.29 is 23.8 Å². The van der Waals surface area contributed by atoms with Gasteiger partial charge in [-0.2, -0.15) is 0 Å². The summed E-state index contributed by atoms with van der Waals surface area (Å²) in [4.78, 5) is 26.9. The quantitative estimate of drug-likeness (QED) is 0.456. The fourth-order valence-electron chi connectivity index (χ4n) is 3.29. The summed E-state index contributed by atoms with van der Waals surface area (Å²) in [6, 6.07) is 13.5. The fourth-order valence-corrected chi connectivity index (χ4v) is 5.71. The van der Waals surface area contributed by atoms with Crippen molar-refractivity contribution in [1.29, 1.82) is 0 Å².